The lowest BCUT2D eigenvalue weighted by atomic mass is 10.3. The molecule has 0 unspecified atom stereocenters. The van der Waals surface area contributed by atoms with Crippen LogP contribution in [0.15, 0.2) is 39.7 Å². The number of nitrogens with one attached hydrogen (secondary N) is 1. The average Bonchev–Trinajstić information content (AvgIpc) is 2.89. The molecule has 0 aromatic carbocycles. The Morgan fingerprint density at radius 2 is 2.47 bits per heavy atom. The van der Waals surface area contributed by atoms with Crippen LogP contribution in [-0.4, -0.2) is 21.7 Å². The molecule has 2 rings (SSSR count). The second-order valence-corrected chi connectivity index (χ2v) is 4.49. The molecule has 0 saturated carbocycles. The summed E-state index contributed by atoms with van der Waals surface area (Å²) in [6.07, 6.45) is 3.56. The first-order valence-electron chi connectivity index (χ1n) is 5.19. The Bertz CT molecular complexity index is 493. The number of carbonyl (C=O) groups excluding carboxylic acids is 1. The number of carbonyl (C=O) groups is 1. The molecule has 2 aromatic heterocycles. The first kappa shape index (κ1) is 11.9. The van der Waals surface area contributed by atoms with Crippen LogP contribution in [0.4, 0.5) is 0 Å². The third kappa shape index (κ3) is 3.20. The Hall–Kier alpha value is -1.56. The Labute approximate surface area is 107 Å². The van der Waals surface area contributed by atoms with E-state index in [0.717, 1.165) is 0 Å². The fourth-order valence-corrected chi connectivity index (χ4v) is 1.77. The van der Waals surface area contributed by atoms with E-state index in [-0.39, 0.29) is 11.9 Å². The number of rotatable bonds is 4. The lowest BCUT2D eigenvalue weighted by Crippen LogP contribution is -2.35. The maximum atomic E-state index is 11.7. The quantitative estimate of drug-likeness (QED) is 0.940. The second-order valence-electron chi connectivity index (χ2n) is 3.71. The molecule has 2 heterocycles. The van der Waals surface area contributed by atoms with Crippen LogP contribution in [-0.2, 0) is 6.54 Å². The van der Waals surface area contributed by atoms with Crippen LogP contribution >= 0.6 is 15.9 Å². The summed E-state index contributed by atoms with van der Waals surface area (Å²) in [5.74, 6) is 0.0690. The molecule has 0 aliphatic carbocycles. The van der Waals surface area contributed by atoms with Gasteiger partial charge in [-0.25, -0.2) is 0 Å². The van der Waals surface area contributed by atoms with Crippen molar-refractivity contribution in [3.8, 4) is 0 Å². The van der Waals surface area contributed by atoms with Gasteiger partial charge in [0.25, 0.3) is 5.91 Å². The fourth-order valence-electron chi connectivity index (χ4n) is 1.47. The minimum atomic E-state index is -0.227. The molecular weight excluding hydrogens is 286 g/mol. The van der Waals surface area contributed by atoms with E-state index in [1.807, 2.05) is 19.2 Å². The molecule has 0 radical (unpaired) electrons. The van der Waals surface area contributed by atoms with Crippen LogP contribution in [0.25, 0.3) is 0 Å². The topological polar surface area (TPSA) is 60.1 Å². The van der Waals surface area contributed by atoms with Gasteiger partial charge in [-0.05, 0) is 41.1 Å². The molecule has 0 aliphatic rings. The largest absolute Gasteiger partial charge is 0.444 e. The van der Waals surface area contributed by atoms with Gasteiger partial charge in [-0.1, -0.05) is 0 Å². The molecule has 1 atom stereocenters. The molecule has 1 N–H and O–H groups in total. The smallest absolute Gasteiger partial charge is 0.287 e. The molecule has 0 fully saturated rings. The molecule has 1 amide bonds. The SMILES string of the molecule is C[C@H](Cn1cccn1)NC(=O)c1ccc(Br)o1. The van der Waals surface area contributed by atoms with Gasteiger partial charge in [0.15, 0.2) is 10.4 Å². The van der Waals surface area contributed by atoms with E-state index in [0.29, 0.717) is 17.0 Å². The summed E-state index contributed by atoms with van der Waals surface area (Å²) in [7, 11) is 0. The molecule has 6 heteroatoms. The molecule has 0 spiro atoms. The zero-order valence-corrected chi connectivity index (χ0v) is 10.8. The van der Waals surface area contributed by atoms with E-state index in [1.165, 1.54) is 0 Å². The molecule has 17 heavy (non-hydrogen) atoms. The summed E-state index contributed by atoms with van der Waals surface area (Å²) in [6, 6.07) is 5.14. The number of hydrogen-bond acceptors (Lipinski definition) is 3. The van der Waals surface area contributed by atoms with E-state index in [9.17, 15) is 4.79 Å². The second kappa shape index (κ2) is 5.18. The third-order valence-electron chi connectivity index (χ3n) is 2.19. The highest BCUT2D eigenvalue weighted by atomic mass is 79.9. The summed E-state index contributed by atoms with van der Waals surface area (Å²) in [5, 5.41) is 6.91. The van der Waals surface area contributed by atoms with Gasteiger partial charge in [-0.2, -0.15) is 5.10 Å². The number of aromatic nitrogens is 2. The number of hydrogen-bond donors (Lipinski definition) is 1. The van der Waals surface area contributed by atoms with Gasteiger partial charge in [0.1, 0.15) is 0 Å². The maximum absolute atomic E-state index is 11.7. The molecule has 0 bridgehead atoms. The van der Waals surface area contributed by atoms with Crippen molar-refractivity contribution < 1.29 is 9.21 Å². The van der Waals surface area contributed by atoms with Crippen LogP contribution in [0.1, 0.15) is 17.5 Å². The van der Waals surface area contributed by atoms with E-state index in [2.05, 4.69) is 26.3 Å². The predicted octanol–water partition coefficient (Wildman–Crippen LogP) is 2.06. The number of nitrogens with zero attached hydrogens (tertiary/aromatic N) is 2. The molecule has 0 saturated heterocycles. The van der Waals surface area contributed by atoms with Crippen molar-refractivity contribution in [2.24, 2.45) is 0 Å². The first-order valence-corrected chi connectivity index (χ1v) is 5.98. The highest BCUT2D eigenvalue weighted by molar-refractivity contribution is 9.10. The Kier molecular flexibility index (Phi) is 3.63. The van der Waals surface area contributed by atoms with Crippen LogP contribution < -0.4 is 5.32 Å². The predicted molar refractivity (Wildman–Crippen MR) is 65.6 cm³/mol. The van der Waals surface area contributed by atoms with Crippen molar-refractivity contribution in [1.82, 2.24) is 15.1 Å². The normalized spacial score (nSPS) is 12.4. The minimum Gasteiger partial charge on any atom is -0.444 e. The van der Waals surface area contributed by atoms with Gasteiger partial charge >= 0.3 is 0 Å². The lowest BCUT2D eigenvalue weighted by molar-refractivity contribution is 0.0906. The third-order valence-corrected chi connectivity index (χ3v) is 2.62. The molecule has 90 valence electrons. The zero-order valence-electron chi connectivity index (χ0n) is 9.26. The van der Waals surface area contributed by atoms with Gasteiger partial charge in [0.05, 0.1) is 6.54 Å². The summed E-state index contributed by atoms with van der Waals surface area (Å²) in [6.45, 7) is 2.54. The van der Waals surface area contributed by atoms with Gasteiger partial charge in [0, 0.05) is 18.4 Å². The van der Waals surface area contributed by atoms with Crippen molar-refractivity contribution in [2.75, 3.05) is 0 Å². The van der Waals surface area contributed by atoms with Gasteiger partial charge in [-0.15, -0.1) is 0 Å². The average molecular weight is 298 g/mol. The van der Waals surface area contributed by atoms with Crippen molar-refractivity contribution in [3.63, 3.8) is 0 Å². The molecule has 0 aliphatic heterocycles. The van der Waals surface area contributed by atoms with E-state index < -0.39 is 0 Å². The van der Waals surface area contributed by atoms with Crippen molar-refractivity contribution >= 4 is 21.8 Å². The molecule has 2 aromatic rings. The summed E-state index contributed by atoms with van der Waals surface area (Å²) < 4.78 is 7.47. The van der Waals surface area contributed by atoms with Gasteiger partial charge in [-0.3, -0.25) is 9.48 Å². The highest BCUT2D eigenvalue weighted by Crippen LogP contribution is 2.13. The monoisotopic (exact) mass is 297 g/mol. The number of amides is 1. The van der Waals surface area contributed by atoms with E-state index in [4.69, 9.17) is 4.42 Å². The summed E-state index contributed by atoms with van der Waals surface area (Å²) in [5.41, 5.74) is 0. The first-order chi connectivity index (χ1) is 8.15. The Morgan fingerprint density at radius 3 is 3.06 bits per heavy atom. The molecular formula is C11H12BrN3O2. The maximum Gasteiger partial charge on any atom is 0.287 e. The van der Waals surface area contributed by atoms with E-state index in [1.54, 1.807) is 23.0 Å². The molecule has 5 nitrogen and oxygen atoms in total. The highest BCUT2D eigenvalue weighted by Gasteiger charge is 2.13. The summed E-state index contributed by atoms with van der Waals surface area (Å²) >= 11 is 3.15. The number of furan rings is 1. The Morgan fingerprint density at radius 1 is 1.65 bits per heavy atom. The zero-order chi connectivity index (χ0) is 12.3. The lowest BCUT2D eigenvalue weighted by Gasteiger charge is -2.12. The van der Waals surface area contributed by atoms with Crippen LogP contribution in [0, 0.1) is 0 Å². The van der Waals surface area contributed by atoms with Crippen LogP contribution in [0.2, 0.25) is 0 Å². The van der Waals surface area contributed by atoms with Gasteiger partial charge < -0.3 is 9.73 Å². The standard InChI is InChI=1S/C11H12BrN3O2/c1-8(7-15-6-2-5-13-15)14-11(16)9-3-4-10(12)17-9/h2-6,8H,7H2,1H3,(H,14,16)/t8-/m1/s1. The van der Waals surface area contributed by atoms with Crippen LogP contribution in [0.5, 0.6) is 0 Å². The minimum absolute atomic E-state index is 0.0220. The van der Waals surface area contributed by atoms with E-state index >= 15 is 0 Å². The van der Waals surface area contributed by atoms with Crippen molar-refractivity contribution in [1.29, 1.82) is 0 Å². The Balaban J connectivity index is 1.90. The van der Waals surface area contributed by atoms with Crippen LogP contribution in [0.3, 0.4) is 0 Å². The van der Waals surface area contributed by atoms with Crippen molar-refractivity contribution in [2.45, 2.75) is 19.5 Å². The number of halogens is 1. The van der Waals surface area contributed by atoms with Crippen molar-refractivity contribution in [3.05, 3.63) is 41.0 Å². The fraction of sp³-hybridized carbons (Fsp3) is 0.273. The summed E-state index contributed by atoms with van der Waals surface area (Å²) in [4.78, 5) is 11.7. The van der Waals surface area contributed by atoms with Gasteiger partial charge in [0.2, 0.25) is 0 Å².